The van der Waals surface area contributed by atoms with E-state index < -0.39 is 31.4 Å². The number of anilines is 1. The van der Waals surface area contributed by atoms with E-state index >= 15 is 0 Å². The number of nitrogens with zero attached hydrogens (tertiary/aromatic N) is 1. The monoisotopic (exact) mass is 425 g/mol. The zero-order valence-electron chi connectivity index (χ0n) is 16.0. The molecule has 1 atom stereocenters. The van der Waals surface area contributed by atoms with Gasteiger partial charge in [-0.1, -0.05) is 54.6 Å². The number of sulfonamides is 1. The van der Waals surface area contributed by atoms with Gasteiger partial charge in [0.05, 0.1) is 22.2 Å². The lowest BCUT2D eigenvalue weighted by Crippen LogP contribution is -2.28. The van der Waals surface area contributed by atoms with E-state index in [9.17, 15) is 23.3 Å². The SMILES string of the molecule is C[C@@H](NC(=O)c1ccccc1NS(=O)(=O)c1ccccc1[N+](=O)[O-])c1ccccc1. The minimum Gasteiger partial charge on any atom is -0.345 e. The van der Waals surface area contributed by atoms with Gasteiger partial charge in [-0.25, -0.2) is 8.42 Å². The minimum absolute atomic E-state index is 0.0217. The predicted molar refractivity (Wildman–Crippen MR) is 113 cm³/mol. The summed E-state index contributed by atoms with van der Waals surface area (Å²) in [6.45, 7) is 1.81. The molecule has 154 valence electrons. The number of nitrogens with one attached hydrogen (secondary N) is 2. The Kier molecular flexibility index (Phi) is 6.12. The molecule has 0 heterocycles. The van der Waals surface area contributed by atoms with Gasteiger partial charge in [0.2, 0.25) is 0 Å². The molecular formula is C21H19N3O5S. The number of benzene rings is 3. The quantitative estimate of drug-likeness (QED) is 0.440. The Morgan fingerprint density at radius 1 is 0.933 bits per heavy atom. The van der Waals surface area contributed by atoms with Crippen LogP contribution in [0.15, 0.2) is 83.8 Å². The summed E-state index contributed by atoms with van der Waals surface area (Å²) in [5.74, 6) is -0.479. The second-order valence-corrected chi connectivity index (χ2v) is 8.13. The topological polar surface area (TPSA) is 118 Å². The first-order valence-corrected chi connectivity index (χ1v) is 10.5. The van der Waals surface area contributed by atoms with Gasteiger partial charge in [0.25, 0.3) is 21.6 Å². The molecule has 0 aliphatic rings. The van der Waals surface area contributed by atoms with Crippen LogP contribution in [0.5, 0.6) is 0 Å². The first kappa shape index (κ1) is 21.0. The number of carbonyl (C=O) groups is 1. The average Bonchev–Trinajstić information content (AvgIpc) is 2.74. The second-order valence-electron chi connectivity index (χ2n) is 6.48. The molecule has 0 aliphatic carbocycles. The molecule has 3 aromatic rings. The number of nitro benzene ring substituents is 1. The zero-order valence-corrected chi connectivity index (χ0v) is 16.8. The average molecular weight is 425 g/mol. The predicted octanol–water partition coefficient (Wildman–Crippen LogP) is 3.89. The molecule has 0 aliphatic heterocycles. The van der Waals surface area contributed by atoms with Crippen LogP contribution in [0.3, 0.4) is 0 Å². The van der Waals surface area contributed by atoms with Crippen LogP contribution in [0.4, 0.5) is 11.4 Å². The van der Waals surface area contributed by atoms with Gasteiger partial charge in [-0.3, -0.25) is 19.6 Å². The lowest BCUT2D eigenvalue weighted by molar-refractivity contribution is -0.387. The van der Waals surface area contributed by atoms with E-state index in [1.54, 1.807) is 12.1 Å². The summed E-state index contributed by atoms with van der Waals surface area (Å²) in [7, 11) is -4.30. The van der Waals surface area contributed by atoms with Gasteiger partial charge < -0.3 is 5.32 Å². The lowest BCUT2D eigenvalue weighted by atomic mass is 10.1. The van der Waals surface area contributed by atoms with Crippen LogP contribution >= 0.6 is 0 Å². The molecule has 30 heavy (non-hydrogen) atoms. The minimum atomic E-state index is -4.30. The molecule has 0 saturated carbocycles. The Hall–Kier alpha value is -3.72. The normalized spacial score (nSPS) is 12.0. The maximum absolute atomic E-state index is 12.8. The third-order valence-corrected chi connectivity index (χ3v) is 5.83. The first-order valence-electron chi connectivity index (χ1n) is 9.00. The summed E-state index contributed by atoms with van der Waals surface area (Å²) in [4.78, 5) is 22.7. The largest absolute Gasteiger partial charge is 0.345 e. The van der Waals surface area contributed by atoms with Crippen LogP contribution in [0.2, 0.25) is 0 Å². The van der Waals surface area contributed by atoms with Gasteiger partial charge in [-0.15, -0.1) is 0 Å². The molecule has 0 bridgehead atoms. The van der Waals surface area contributed by atoms with Crippen LogP contribution in [0.1, 0.15) is 28.9 Å². The van der Waals surface area contributed by atoms with Crippen molar-refractivity contribution in [2.45, 2.75) is 17.9 Å². The molecule has 0 aromatic heterocycles. The maximum Gasteiger partial charge on any atom is 0.289 e. The van der Waals surface area contributed by atoms with Crippen molar-refractivity contribution in [3.8, 4) is 0 Å². The van der Waals surface area contributed by atoms with Crippen molar-refractivity contribution in [2.75, 3.05) is 4.72 Å². The highest BCUT2D eigenvalue weighted by Gasteiger charge is 2.26. The van der Waals surface area contributed by atoms with E-state index in [0.29, 0.717) is 0 Å². The van der Waals surface area contributed by atoms with Gasteiger partial charge >= 0.3 is 0 Å². The molecule has 0 saturated heterocycles. The van der Waals surface area contributed by atoms with E-state index in [4.69, 9.17) is 0 Å². The summed E-state index contributed by atoms with van der Waals surface area (Å²) < 4.78 is 27.9. The third kappa shape index (κ3) is 4.64. The molecule has 0 unspecified atom stereocenters. The Bertz CT molecular complexity index is 1180. The smallest absolute Gasteiger partial charge is 0.289 e. The number of rotatable bonds is 7. The Morgan fingerprint density at radius 3 is 2.23 bits per heavy atom. The number of hydrogen-bond donors (Lipinski definition) is 2. The van der Waals surface area contributed by atoms with Gasteiger partial charge in [0.1, 0.15) is 0 Å². The van der Waals surface area contributed by atoms with E-state index in [2.05, 4.69) is 10.0 Å². The van der Waals surface area contributed by atoms with Gasteiger partial charge in [-0.05, 0) is 30.7 Å². The lowest BCUT2D eigenvalue weighted by Gasteiger charge is -2.17. The van der Waals surface area contributed by atoms with Crippen molar-refractivity contribution in [2.24, 2.45) is 0 Å². The van der Waals surface area contributed by atoms with Crippen molar-refractivity contribution in [1.82, 2.24) is 5.32 Å². The molecule has 3 aromatic carbocycles. The Labute approximate surface area is 173 Å². The number of hydrogen-bond acceptors (Lipinski definition) is 5. The summed E-state index contributed by atoms with van der Waals surface area (Å²) in [6, 6.07) is 20.1. The fraction of sp³-hybridized carbons (Fsp3) is 0.0952. The summed E-state index contributed by atoms with van der Waals surface area (Å²) >= 11 is 0. The standard InChI is InChI=1S/C21H19N3O5S/c1-15(16-9-3-2-4-10-16)22-21(25)17-11-5-6-12-18(17)23-30(28,29)20-14-8-7-13-19(20)24(26)27/h2-15,23H,1H3,(H,22,25)/t15-/m1/s1. The van der Waals surface area contributed by atoms with Crippen LogP contribution in [-0.2, 0) is 10.0 Å². The van der Waals surface area contributed by atoms with E-state index in [-0.39, 0.29) is 17.3 Å². The molecule has 0 radical (unpaired) electrons. The van der Waals surface area contributed by atoms with Crippen LogP contribution < -0.4 is 10.0 Å². The fourth-order valence-electron chi connectivity index (χ4n) is 2.90. The number of para-hydroxylation sites is 2. The van der Waals surface area contributed by atoms with E-state index in [0.717, 1.165) is 17.7 Å². The highest BCUT2D eigenvalue weighted by Crippen LogP contribution is 2.27. The maximum atomic E-state index is 12.8. The molecule has 0 fully saturated rings. The van der Waals surface area contributed by atoms with Crippen molar-refractivity contribution >= 4 is 27.3 Å². The third-order valence-electron chi connectivity index (χ3n) is 4.41. The van der Waals surface area contributed by atoms with E-state index in [1.165, 1.54) is 24.3 Å². The summed E-state index contributed by atoms with van der Waals surface area (Å²) in [5.41, 5.74) is 0.462. The molecule has 8 nitrogen and oxygen atoms in total. The molecule has 1 amide bonds. The highest BCUT2D eigenvalue weighted by molar-refractivity contribution is 7.92. The second kappa shape index (κ2) is 8.75. The van der Waals surface area contributed by atoms with Gasteiger partial charge in [0.15, 0.2) is 4.90 Å². The molecular weight excluding hydrogens is 406 g/mol. The van der Waals surface area contributed by atoms with Crippen molar-refractivity contribution in [3.63, 3.8) is 0 Å². The van der Waals surface area contributed by atoms with Gasteiger partial charge in [0, 0.05) is 6.07 Å². The van der Waals surface area contributed by atoms with Crippen molar-refractivity contribution in [3.05, 3.63) is 100 Å². The van der Waals surface area contributed by atoms with Crippen LogP contribution in [-0.4, -0.2) is 19.2 Å². The molecule has 2 N–H and O–H groups in total. The van der Waals surface area contributed by atoms with E-state index in [1.807, 2.05) is 37.3 Å². The van der Waals surface area contributed by atoms with Crippen molar-refractivity contribution in [1.29, 1.82) is 0 Å². The Balaban J connectivity index is 1.89. The highest BCUT2D eigenvalue weighted by atomic mass is 32.2. The first-order chi connectivity index (χ1) is 14.3. The number of amides is 1. The van der Waals surface area contributed by atoms with Crippen LogP contribution in [0, 0.1) is 10.1 Å². The summed E-state index contributed by atoms with van der Waals surface area (Å²) in [5, 5.41) is 14.0. The molecule has 3 rings (SSSR count). The van der Waals surface area contributed by atoms with Crippen molar-refractivity contribution < 1.29 is 18.1 Å². The summed E-state index contributed by atoms with van der Waals surface area (Å²) in [6.07, 6.45) is 0. The number of carbonyl (C=O) groups excluding carboxylic acids is 1. The molecule has 0 spiro atoms. The van der Waals surface area contributed by atoms with Gasteiger partial charge in [-0.2, -0.15) is 0 Å². The Morgan fingerprint density at radius 2 is 1.53 bits per heavy atom. The fourth-order valence-corrected chi connectivity index (χ4v) is 4.16. The van der Waals surface area contributed by atoms with Crippen LogP contribution in [0.25, 0.3) is 0 Å². The number of nitro groups is 1. The zero-order chi connectivity index (χ0) is 21.7. The molecule has 9 heteroatoms.